The molecule has 0 aliphatic carbocycles. The van der Waals surface area contributed by atoms with E-state index < -0.39 is 11.9 Å². The Kier molecular flexibility index (Phi) is 4.60. The smallest absolute Gasteiger partial charge is 0.339 e. The maximum Gasteiger partial charge on any atom is 0.339 e. The number of para-hydroxylation sites is 1. The van der Waals surface area contributed by atoms with Gasteiger partial charge in [0.05, 0.1) is 18.4 Å². The highest BCUT2D eigenvalue weighted by molar-refractivity contribution is 6.06. The lowest BCUT2D eigenvalue weighted by Gasteiger charge is -2.27. The van der Waals surface area contributed by atoms with Crippen molar-refractivity contribution in [3.05, 3.63) is 48.2 Å². The van der Waals surface area contributed by atoms with E-state index in [1.807, 2.05) is 0 Å². The Morgan fingerprint density at radius 2 is 2.08 bits per heavy atom. The van der Waals surface area contributed by atoms with E-state index in [1.165, 1.54) is 24.3 Å². The SMILES string of the molecule is COC(=O)c1ccccc1NC(=O)CN1C(=O)COc2cccnc21. The standard InChI is InChI=1S/C17H15N3O5/c1-24-17(23)11-5-2-3-6-12(11)19-14(21)9-20-15(22)10-25-13-7-4-8-18-16(13)20/h2-8H,9-10H2,1H3,(H,19,21). The molecule has 0 bridgehead atoms. The number of methoxy groups -OCH3 is 1. The minimum absolute atomic E-state index is 0.162. The summed E-state index contributed by atoms with van der Waals surface area (Å²) in [5, 5.41) is 2.62. The van der Waals surface area contributed by atoms with Gasteiger partial charge in [-0.2, -0.15) is 0 Å². The molecule has 1 N–H and O–H groups in total. The predicted octanol–water partition coefficient (Wildman–Crippen LogP) is 1.23. The van der Waals surface area contributed by atoms with Crippen LogP contribution in [0.3, 0.4) is 0 Å². The van der Waals surface area contributed by atoms with E-state index in [0.717, 1.165) is 0 Å². The number of nitrogens with one attached hydrogen (secondary N) is 1. The highest BCUT2D eigenvalue weighted by Crippen LogP contribution is 2.28. The molecule has 0 atom stereocenters. The van der Waals surface area contributed by atoms with Gasteiger partial charge in [-0.05, 0) is 24.3 Å². The van der Waals surface area contributed by atoms with Crippen LogP contribution in [0.1, 0.15) is 10.4 Å². The number of carbonyl (C=O) groups excluding carboxylic acids is 3. The Balaban J connectivity index is 1.78. The lowest BCUT2D eigenvalue weighted by atomic mass is 10.2. The highest BCUT2D eigenvalue weighted by Gasteiger charge is 2.28. The van der Waals surface area contributed by atoms with Crippen LogP contribution in [0.15, 0.2) is 42.6 Å². The number of fused-ring (bicyclic) bond motifs is 1. The lowest BCUT2D eigenvalue weighted by molar-refractivity contribution is -0.123. The van der Waals surface area contributed by atoms with Crippen molar-refractivity contribution in [1.82, 2.24) is 4.98 Å². The van der Waals surface area contributed by atoms with Crippen LogP contribution in [0, 0.1) is 0 Å². The Hall–Kier alpha value is -3.42. The number of anilines is 2. The van der Waals surface area contributed by atoms with Crippen LogP contribution >= 0.6 is 0 Å². The van der Waals surface area contributed by atoms with E-state index in [1.54, 1.807) is 30.3 Å². The van der Waals surface area contributed by atoms with Crippen molar-refractivity contribution in [2.75, 3.05) is 30.5 Å². The predicted molar refractivity (Wildman–Crippen MR) is 88.5 cm³/mol. The number of nitrogens with zero attached hydrogens (tertiary/aromatic N) is 2. The zero-order valence-electron chi connectivity index (χ0n) is 13.4. The van der Waals surface area contributed by atoms with Gasteiger partial charge >= 0.3 is 5.97 Å². The van der Waals surface area contributed by atoms with E-state index in [4.69, 9.17) is 9.47 Å². The van der Waals surface area contributed by atoms with Gasteiger partial charge in [-0.3, -0.25) is 14.5 Å². The molecule has 0 fully saturated rings. The fourth-order valence-electron chi connectivity index (χ4n) is 2.41. The average molecular weight is 341 g/mol. The number of benzene rings is 1. The first-order valence-corrected chi connectivity index (χ1v) is 7.45. The van der Waals surface area contributed by atoms with E-state index >= 15 is 0 Å². The summed E-state index contributed by atoms with van der Waals surface area (Å²) in [6.07, 6.45) is 1.51. The summed E-state index contributed by atoms with van der Waals surface area (Å²) in [6.45, 7) is -0.410. The summed E-state index contributed by atoms with van der Waals surface area (Å²) < 4.78 is 9.98. The van der Waals surface area contributed by atoms with Gasteiger partial charge in [0.2, 0.25) is 5.91 Å². The van der Waals surface area contributed by atoms with Gasteiger partial charge in [0.25, 0.3) is 5.91 Å². The zero-order chi connectivity index (χ0) is 17.8. The molecule has 8 heteroatoms. The molecule has 2 aromatic rings. The number of ether oxygens (including phenoxy) is 2. The third kappa shape index (κ3) is 3.42. The number of carbonyl (C=O) groups is 3. The molecule has 0 unspecified atom stereocenters. The Morgan fingerprint density at radius 1 is 1.28 bits per heavy atom. The molecule has 0 radical (unpaired) electrons. The maximum absolute atomic E-state index is 12.4. The van der Waals surface area contributed by atoms with E-state index in [0.29, 0.717) is 11.4 Å². The number of pyridine rings is 1. The summed E-state index contributed by atoms with van der Waals surface area (Å²) in [4.78, 5) is 41.5. The molecular formula is C17H15N3O5. The van der Waals surface area contributed by atoms with Crippen LogP contribution in [-0.2, 0) is 14.3 Å². The Bertz CT molecular complexity index is 837. The van der Waals surface area contributed by atoms with E-state index in [-0.39, 0.29) is 30.4 Å². The van der Waals surface area contributed by atoms with Gasteiger partial charge in [0.1, 0.15) is 6.54 Å². The van der Waals surface area contributed by atoms with Crippen molar-refractivity contribution in [3.63, 3.8) is 0 Å². The third-order valence-electron chi connectivity index (χ3n) is 3.57. The quantitative estimate of drug-likeness (QED) is 0.840. The summed E-state index contributed by atoms with van der Waals surface area (Å²) in [6, 6.07) is 9.81. The third-order valence-corrected chi connectivity index (χ3v) is 3.57. The fourth-order valence-corrected chi connectivity index (χ4v) is 2.41. The summed E-state index contributed by atoms with van der Waals surface area (Å²) in [7, 11) is 1.26. The van der Waals surface area contributed by atoms with Crippen LogP contribution in [0.4, 0.5) is 11.5 Å². The molecule has 2 heterocycles. The lowest BCUT2D eigenvalue weighted by Crippen LogP contribution is -2.44. The van der Waals surface area contributed by atoms with E-state index in [9.17, 15) is 14.4 Å². The first-order valence-electron chi connectivity index (χ1n) is 7.45. The molecule has 1 aromatic carbocycles. The van der Waals surface area contributed by atoms with Gasteiger partial charge < -0.3 is 14.8 Å². The van der Waals surface area contributed by atoms with Gasteiger partial charge in [-0.1, -0.05) is 12.1 Å². The monoisotopic (exact) mass is 341 g/mol. The van der Waals surface area contributed by atoms with Crippen molar-refractivity contribution >= 4 is 29.3 Å². The number of hydrogen-bond acceptors (Lipinski definition) is 6. The van der Waals surface area contributed by atoms with Crippen LogP contribution in [0.5, 0.6) is 5.75 Å². The summed E-state index contributed by atoms with van der Waals surface area (Å²) in [5.41, 5.74) is 0.534. The molecule has 25 heavy (non-hydrogen) atoms. The molecule has 1 aliphatic rings. The van der Waals surface area contributed by atoms with Gasteiger partial charge in [-0.15, -0.1) is 0 Å². The van der Waals surface area contributed by atoms with E-state index in [2.05, 4.69) is 10.3 Å². The summed E-state index contributed by atoms with van der Waals surface area (Å²) >= 11 is 0. The molecule has 128 valence electrons. The van der Waals surface area contributed by atoms with Gasteiger partial charge in [0, 0.05) is 6.20 Å². The molecule has 0 saturated carbocycles. The van der Waals surface area contributed by atoms with Crippen molar-refractivity contribution in [2.24, 2.45) is 0 Å². The zero-order valence-corrected chi connectivity index (χ0v) is 13.4. The number of aromatic nitrogens is 1. The summed E-state index contributed by atoms with van der Waals surface area (Å²) in [5.74, 6) is -0.684. The maximum atomic E-state index is 12.4. The number of amides is 2. The number of esters is 1. The second-order valence-electron chi connectivity index (χ2n) is 5.18. The average Bonchev–Trinajstić information content (AvgIpc) is 2.64. The molecule has 1 aromatic heterocycles. The second kappa shape index (κ2) is 7.00. The molecule has 0 saturated heterocycles. The van der Waals surface area contributed by atoms with Gasteiger partial charge in [-0.25, -0.2) is 9.78 Å². The normalized spacial score (nSPS) is 12.8. The minimum Gasteiger partial charge on any atom is -0.480 e. The topological polar surface area (TPSA) is 97.8 Å². The number of rotatable bonds is 4. The molecule has 1 aliphatic heterocycles. The highest BCUT2D eigenvalue weighted by atomic mass is 16.5. The molecule has 0 spiro atoms. The molecule has 8 nitrogen and oxygen atoms in total. The van der Waals surface area contributed by atoms with Crippen molar-refractivity contribution in [2.45, 2.75) is 0 Å². The van der Waals surface area contributed by atoms with Crippen molar-refractivity contribution in [3.8, 4) is 5.75 Å². The Morgan fingerprint density at radius 3 is 2.88 bits per heavy atom. The first-order chi connectivity index (χ1) is 12.1. The fraction of sp³-hybridized carbons (Fsp3) is 0.176. The Labute approximate surface area is 143 Å². The van der Waals surface area contributed by atoms with Gasteiger partial charge in [0.15, 0.2) is 18.2 Å². The number of hydrogen-bond donors (Lipinski definition) is 1. The first kappa shape index (κ1) is 16.4. The second-order valence-corrected chi connectivity index (χ2v) is 5.18. The molecule has 2 amide bonds. The van der Waals surface area contributed by atoms with Crippen LogP contribution < -0.4 is 15.0 Å². The van der Waals surface area contributed by atoms with Crippen molar-refractivity contribution < 1.29 is 23.9 Å². The molecule has 3 rings (SSSR count). The van der Waals surface area contributed by atoms with Crippen LogP contribution in [0.25, 0.3) is 0 Å². The van der Waals surface area contributed by atoms with Crippen LogP contribution in [-0.4, -0.2) is 43.0 Å². The largest absolute Gasteiger partial charge is 0.480 e. The minimum atomic E-state index is -0.564. The molecular weight excluding hydrogens is 326 g/mol. The van der Waals surface area contributed by atoms with Crippen molar-refractivity contribution in [1.29, 1.82) is 0 Å². The van der Waals surface area contributed by atoms with Crippen LogP contribution in [0.2, 0.25) is 0 Å².